The fourth-order valence-corrected chi connectivity index (χ4v) is 2.11. The van der Waals surface area contributed by atoms with Crippen LogP contribution in [0.25, 0.3) is 0 Å². The Hall–Kier alpha value is -2.08. The molecule has 1 atom stereocenters. The first-order valence-corrected chi connectivity index (χ1v) is 8.25. The fourth-order valence-electron chi connectivity index (χ4n) is 1.59. The molecule has 6 heteroatoms. The quantitative estimate of drug-likeness (QED) is 0.784. The van der Waals surface area contributed by atoms with Crippen molar-refractivity contribution in [1.82, 2.24) is 4.98 Å². The average Bonchev–Trinajstić information content (AvgIpc) is 2.52. The summed E-state index contributed by atoms with van der Waals surface area (Å²) in [5, 5.41) is 0. The van der Waals surface area contributed by atoms with Gasteiger partial charge in [0.1, 0.15) is 29.2 Å². The Labute approximate surface area is 138 Å². The Kier molecular flexibility index (Phi) is 5.60. The van der Waals surface area contributed by atoms with Crippen LogP contribution in [-0.2, 0) is 17.6 Å². The SMILES string of the molecule is CC(C)(C)S(=O)/N=C/c1ccc(OCc2ccccc2F)cn1. The van der Waals surface area contributed by atoms with Crippen LogP contribution in [0.5, 0.6) is 5.75 Å². The summed E-state index contributed by atoms with van der Waals surface area (Å²) in [5.74, 6) is 0.233. The molecule has 0 radical (unpaired) electrons. The maximum atomic E-state index is 13.5. The van der Waals surface area contributed by atoms with Crippen LogP contribution >= 0.6 is 0 Å². The summed E-state index contributed by atoms with van der Waals surface area (Å²) < 4.78 is 34.4. The van der Waals surface area contributed by atoms with Crippen molar-refractivity contribution in [1.29, 1.82) is 0 Å². The predicted molar refractivity (Wildman–Crippen MR) is 90.5 cm³/mol. The van der Waals surface area contributed by atoms with Gasteiger partial charge in [-0.05, 0) is 39.0 Å². The standard InChI is InChI=1S/C17H19FN2O2S/c1-17(2,3)23(21)20-10-14-8-9-15(11-19-14)22-12-13-6-4-5-7-16(13)18/h4-11H,12H2,1-3H3/b20-10+. The van der Waals surface area contributed by atoms with Gasteiger partial charge in [-0.15, -0.1) is 0 Å². The van der Waals surface area contributed by atoms with Gasteiger partial charge < -0.3 is 4.74 Å². The van der Waals surface area contributed by atoms with Crippen molar-refractivity contribution in [3.63, 3.8) is 0 Å². The Morgan fingerprint density at radius 1 is 1.26 bits per heavy atom. The summed E-state index contributed by atoms with van der Waals surface area (Å²) in [4.78, 5) is 4.16. The summed E-state index contributed by atoms with van der Waals surface area (Å²) >= 11 is 0. The number of pyridine rings is 1. The van der Waals surface area contributed by atoms with Gasteiger partial charge in [-0.1, -0.05) is 18.2 Å². The molecule has 1 unspecified atom stereocenters. The van der Waals surface area contributed by atoms with E-state index in [4.69, 9.17) is 4.74 Å². The normalized spacial score (nSPS) is 13.2. The van der Waals surface area contributed by atoms with Crippen LogP contribution in [0.1, 0.15) is 32.0 Å². The third-order valence-corrected chi connectivity index (χ3v) is 4.26. The van der Waals surface area contributed by atoms with E-state index in [0.29, 0.717) is 17.0 Å². The molecule has 0 aliphatic rings. The van der Waals surface area contributed by atoms with Crippen LogP contribution in [0.3, 0.4) is 0 Å². The molecule has 0 amide bonds. The Bertz CT molecular complexity index is 709. The van der Waals surface area contributed by atoms with Crippen molar-refractivity contribution in [2.45, 2.75) is 32.1 Å². The van der Waals surface area contributed by atoms with Gasteiger partial charge in [-0.25, -0.2) is 8.60 Å². The van der Waals surface area contributed by atoms with Gasteiger partial charge in [-0.3, -0.25) is 4.98 Å². The molecule has 1 aromatic heterocycles. The van der Waals surface area contributed by atoms with Gasteiger partial charge in [0.15, 0.2) is 0 Å². The van der Waals surface area contributed by atoms with E-state index in [1.165, 1.54) is 18.5 Å². The van der Waals surface area contributed by atoms with Gasteiger partial charge >= 0.3 is 0 Å². The Morgan fingerprint density at radius 3 is 2.61 bits per heavy atom. The monoisotopic (exact) mass is 334 g/mol. The molecule has 0 bridgehead atoms. The minimum absolute atomic E-state index is 0.135. The smallest absolute Gasteiger partial charge is 0.144 e. The molecule has 1 heterocycles. The van der Waals surface area contributed by atoms with E-state index in [-0.39, 0.29) is 12.4 Å². The highest BCUT2D eigenvalue weighted by atomic mass is 32.2. The van der Waals surface area contributed by atoms with Crippen LogP contribution < -0.4 is 4.74 Å². The van der Waals surface area contributed by atoms with Crippen LogP contribution in [0, 0.1) is 5.82 Å². The lowest BCUT2D eigenvalue weighted by Gasteiger charge is -2.12. The molecule has 0 N–H and O–H groups in total. The lowest BCUT2D eigenvalue weighted by atomic mass is 10.2. The number of benzene rings is 1. The zero-order chi connectivity index (χ0) is 16.9. The molecular weight excluding hydrogens is 315 g/mol. The molecule has 2 aromatic rings. The lowest BCUT2D eigenvalue weighted by Crippen LogP contribution is -2.19. The van der Waals surface area contributed by atoms with Crippen molar-refractivity contribution in [3.8, 4) is 5.75 Å². The molecule has 1 aromatic carbocycles. The third kappa shape index (κ3) is 5.25. The molecule has 0 saturated heterocycles. The highest BCUT2D eigenvalue weighted by molar-refractivity contribution is 7.85. The second kappa shape index (κ2) is 7.46. The Balaban J connectivity index is 1.96. The largest absolute Gasteiger partial charge is 0.487 e. The van der Waals surface area contributed by atoms with Gasteiger partial charge in [0.05, 0.1) is 22.9 Å². The maximum Gasteiger partial charge on any atom is 0.144 e. The van der Waals surface area contributed by atoms with Crippen LogP contribution in [0.15, 0.2) is 47.0 Å². The van der Waals surface area contributed by atoms with E-state index in [1.807, 2.05) is 20.8 Å². The number of hydrogen-bond donors (Lipinski definition) is 0. The number of hydrogen-bond acceptors (Lipinski definition) is 3. The molecule has 0 aliphatic heterocycles. The Morgan fingerprint density at radius 2 is 2.00 bits per heavy atom. The highest BCUT2D eigenvalue weighted by Crippen LogP contribution is 2.14. The summed E-state index contributed by atoms with van der Waals surface area (Å²) in [7, 11) is -1.32. The summed E-state index contributed by atoms with van der Waals surface area (Å²) in [6, 6.07) is 9.89. The van der Waals surface area contributed by atoms with Gasteiger partial charge in [0, 0.05) is 5.56 Å². The molecule has 4 nitrogen and oxygen atoms in total. The van der Waals surface area contributed by atoms with Crippen molar-refractivity contribution < 1.29 is 13.3 Å². The average molecular weight is 334 g/mol. The van der Waals surface area contributed by atoms with Crippen molar-refractivity contribution in [3.05, 3.63) is 59.7 Å². The van der Waals surface area contributed by atoms with Crippen molar-refractivity contribution >= 4 is 17.2 Å². The van der Waals surface area contributed by atoms with E-state index in [9.17, 15) is 8.60 Å². The minimum atomic E-state index is -1.32. The number of rotatable bonds is 5. The molecule has 0 spiro atoms. The first-order chi connectivity index (χ1) is 10.9. The first kappa shape index (κ1) is 17.3. The van der Waals surface area contributed by atoms with Gasteiger partial charge in [0.25, 0.3) is 0 Å². The maximum absolute atomic E-state index is 13.5. The minimum Gasteiger partial charge on any atom is -0.487 e. The van der Waals surface area contributed by atoms with Gasteiger partial charge in [-0.2, -0.15) is 4.40 Å². The van der Waals surface area contributed by atoms with Crippen LogP contribution in [-0.4, -0.2) is 20.2 Å². The highest BCUT2D eigenvalue weighted by Gasteiger charge is 2.18. The summed E-state index contributed by atoms with van der Waals surface area (Å²) in [6.45, 7) is 5.70. The second-order valence-electron chi connectivity index (χ2n) is 5.89. The van der Waals surface area contributed by atoms with Gasteiger partial charge in [0.2, 0.25) is 0 Å². The van der Waals surface area contributed by atoms with E-state index >= 15 is 0 Å². The van der Waals surface area contributed by atoms with E-state index in [1.54, 1.807) is 30.3 Å². The first-order valence-electron chi connectivity index (χ1n) is 7.14. The number of aromatic nitrogens is 1. The zero-order valence-corrected chi connectivity index (χ0v) is 14.1. The molecular formula is C17H19FN2O2S. The summed E-state index contributed by atoms with van der Waals surface area (Å²) in [6.07, 6.45) is 3.00. The van der Waals surface area contributed by atoms with E-state index in [2.05, 4.69) is 9.38 Å². The number of halogens is 1. The fraction of sp³-hybridized carbons (Fsp3) is 0.294. The van der Waals surface area contributed by atoms with Crippen LogP contribution in [0.2, 0.25) is 0 Å². The number of ether oxygens (including phenoxy) is 1. The van der Waals surface area contributed by atoms with Crippen molar-refractivity contribution in [2.24, 2.45) is 4.40 Å². The van der Waals surface area contributed by atoms with E-state index < -0.39 is 15.7 Å². The molecule has 23 heavy (non-hydrogen) atoms. The second-order valence-corrected chi connectivity index (χ2v) is 7.83. The third-order valence-electron chi connectivity index (χ3n) is 2.92. The lowest BCUT2D eigenvalue weighted by molar-refractivity contribution is 0.298. The predicted octanol–water partition coefficient (Wildman–Crippen LogP) is 3.68. The van der Waals surface area contributed by atoms with E-state index in [0.717, 1.165) is 0 Å². The molecule has 122 valence electrons. The van der Waals surface area contributed by atoms with Crippen LogP contribution in [0.4, 0.5) is 4.39 Å². The molecule has 0 fully saturated rings. The molecule has 2 rings (SSSR count). The topological polar surface area (TPSA) is 51.5 Å². The zero-order valence-electron chi connectivity index (χ0n) is 13.3. The molecule has 0 saturated carbocycles. The van der Waals surface area contributed by atoms with Crippen molar-refractivity contribution in [2.75, 3.05) is 0 Å². The number of nitrogens with zero attached hydrogens (tertiary/aromatic N) is 2. The summed E-state index contributed by atoms with van der Waals surface area (Å²) in [5.41, 5.74) is 1.07. The molecule has 0 aliphatic carbocycles.